The number of nitrogens with two attached hydrogens (primary N) is 1. The molecule has 0 spiro atoms. The first-order chi connectivity index (χ1) is 10.1. The summed E-state index contributed by atoms with van der Waals surface area (Å²) in [5.74, 6) is 1.01. The lowest BCUT2D eigenvalue weighted by Crippen LogP contribution is -2.30. The third kappa shape index (κ3) is 4.48. The molecule has 0 saturated heterocycles. The molecule has 2 rings (SSSR count). The van der Waals surface area contributed by atoms with Gasteiger partial charge >= 0.3 is 0 Å². The molecule has 1 unspecified atom stereocenters. The Bertz CT molecular complexity index is 466. The Hall–Kier alpha value is -1.51. The van der Waals surface area contributed by atoms with Gasteiger partial charge in [0.25, 0.3) is 0 Å². The third-order valence-corrected chi connectivity index (χ3v) is 4.86. The van der Waals surface area contributed by atoms with E-state index in [2.05, 4.69) is 6.92 Å². The van der Waals surface area contributed by atoms with Crippen LogP contribution in [-0.4, -0.2) is 17.9 Å². The van der Waals surface area contributed by atoms with Gasteiger partial charge in [-0.05, 0) is 37.0 Å². The van der Waals surface area contributed by atoms with Crippen molar-refractivity contribution in [2.24, 2.45) is 5.92 Å². The lowest BCUT2D eigenvalue weighted by molar-refractivity contribution is -0.132. The van der Waals surface area contributed by atoms with Crippen molar-refractivity contribution >= 4 is 11.6 Å². The smallest absolute Gasteiger partial charge is 0.222 e. The van der Waals surface area contributed by atoms with Crippen molar-refractivity contribution in [2.75, 3.05) is 12.8 Å². The van der Waals surface area contributed by atoms with Crippen molar-refractivity contribution in [2.45, 2.75) is 57.9 Å². The van der Waals surface area contributed by atoms with Crippen LogP contribution in [0.25, 0.3) is 0 Å². The molecule has 3 heteroatoms. The molecule has 1 saturated carbocycles. The summed E-state index contributed by atoms with van der Waals surface area (Å²) in [4.78, 5) is 14.2. The van der Waals surface area contributed by atoms with Gasteiger partial charge in [0.2, 0.25) is 5.91 Å². The molecule has 0 heterocycles. The first-order valence-electron chi connectivity index (χ1n) is 8.19. The summed E-state index contributed by atoms with van der Waals surface area (Å²) >= 11 is 0. The van der Waals surface area contributed by atoms with E-state index in [9.17, 15) is 4.79 Å². The molecule has 1 aliphatic rings. The number of amides is 1. The van der Waals surface area contributed by atoms with E-state index in [1.165, 1.54) is 32.1 Å². The molecule has 0 aliphatic heterocycles. The lowest BCUT2D eigenvalue weighted by atomic mass is 9.86. The molecule has 1 aliphatic carbocycles. The second kappa shape index (κ2) is 7.48. The summed E-state index contributed by atoms with van der Waals surface area (Å²) in [5.41, 5.74) is 7.68. The number of hydrogen-bond acceptors (Lipinski definition) is 2. The zero-order valence-corrected chi connectivity index (χ0v) is 13.3. The van der Waals surface area contributed by atoms with Gasteiger partial charge < -0.3 is 10.6 Å². The van der Waals surface area contributed by atoms with Crippen molar-refractivity contribution in [1.82, 2.24) is 4.90 Å². The Morgan fingerprint density at radius 3 is 2.71 bits per heavy atom. The molecule has 3 nitrogen and oxygen atoms in total. The van der Waals surface area contributed by atoms with Gasteiger partial charge in [0.15, 0.2) is 0 Å². The Labute approximate surface area is 128 Å². The van der Waals surface area contributed by atoms with Crippen LogP contribution in [0.2, 0.25) is 0 Å². The molecule has 1 aromatic rings. The van der Waals surface area contributed by atoms with Gasteiger partial charge in [-0.3, -0.25) is 4.79 Å². The van der Waals surface area contributed by atoms with Crippen LogP contribution in [0.4, 0.5) is 5.69 Å². The molecule has 1 fully saturated rings. The normalized spacial score (nSPS) is 17.4. The van der Waals surface area contributed by atoms with Crippen LogP contribution in [0.15, 0.2) is 24.3 Å². The maximum atomic E-state index is 12.4. The largest absolute Gasteiger partial charge is 0.399 e. The Balaban J connectivity index is 1.86. The summed E-state index contributed by atoms with van der Waals surface area (Å²) in [6, 6.07) is 7.89. The first kappa shape index (κ1) is 15.9. The zero-order valence-electron chi connectivity index (χ0n) is 13.3. The number of anilines is 1. The fourth-order valence-electron chi connectivity index (χ4n) is 3.24. The zero-order chi connectivity index (χ0) is 15.2. The van der Waals surface area contributed by atoms with E-state index in [0.717, 1.165) is 23.6 Å². The fraction of sp³-hybridized carbons (Fsp3) is 0.611. The highest BCUT2D eigenvalue weighted by molar-refractivity contribution is 5.76. The molecule has 21 heavy (non-hydrogen) atoms. The molecular weight excluding hydrogens is 260 g/mol. The molecule has 1 amide bonds. The second-order valence-electron chi connectivity index (χ2n) is 6.39. The maximum Gasteiger partial charge on any atom is 0.222 e. The van der Waals surface area contributed by atoms with Crippen LogP contribution in [0.5, 0.6) is 0 Å². The van der Waals surface area contributed by atoms with E-state index < -0.39 is 0 Å². The summed E-state index contributed by atoms with van der Waals surface area (Å²) in [5, 5.41) is 0. The molecule has 116 valence electrons. The average molecular weight is 288 g/mol. The molecule has 0 aromatic heterocycles. The summed E-state index contributed by atoms with van der Waals surface area (Å²) in [6.45, 7) is 2.06. The maximum absolute atomic E-state index is 12.4. The van der Waals surface area contributed by atoms with E-state index in [-0.39, 0.29) is 11.9 Å². The van der Waals surface area contributed by atoms with Crippen molar-refractivity contribution < 1.29 is 4.79 Å². The van der Waals surface area contributed by atoms with E-state index in [1.54, 1.807) is 0 Å². The van der Waals surface area contributed by atoms with E-state index in [0.29, 0.717) is 6.42 Å². The predicted molar refractivity (Wildman–Crippen MR) is 87.8 cm³/mol. The van der Waals surface area contributed by atoms with Crippen LogP contribution >= 0.6 is 0 Å². The Morgan fingerprint density at radius 1 is 1.33 bits per heavy atom. The van der Waals surface area contributed by atoms with Gasteiger partial charge in [-0.2, -0.15) is 0 Å². The van der Waals surface area contributed by atoms with Gasteiger partial charge in [-0.1, -0.05) is 44.2 Å². The minimum Gasteiger partial charge on any atom is -0.399 e. The minimum absolute atomic E-state index is 0.0763. The summed E-state index contributed by atoms with van der Waals surface area (Å²) in [6.07, 6.45) is 8.39. The molecule has 1 atom stereocenters. The number of rotatable bonds is 5. The van der Waals surface area contributed by atoms with Gasteiger partial charge in [0.05, 0.1) is 6.04 Å². The summed E-state index contributed by atoms with van der Waals surface area (Å²) < 4.78 is 0. The van der Waals surface area contributed by atoms with E-state index in [1.807, 2.05) is 36.2 Å². The van der Waals surface area contributed by atoms with Crippen molar-refractivity contribution in [3.8, 4) is 0 Å². The van der Waals surface area contributed by atoms with Crippen LogP contribution in [-0.2, 0) is 4.79 Å². The molecule has 1 aromatic carbocycles. The number of nitrogens with zero attached hydrogens (tertiary/aromatic N) is 1. The molecule has 0 bridgehead atoms. The Morgan fingerprint density at radius 2 is 2.05 bits per heavy atom. The van der Waals surface area contributed by atoms with Crippen LogP contribution < -0.4 is 5.73 Å². The topological polar surface area (TPSA) is 46.3 Å². The second-order valence-corrected chi connectivity index (χ2v) is 6.39. The van der Waals surface area contributed by atoms with Crippen molar-refractivity contribution in [3.63, 3.8) is 0 Å². The SMILES string of the molecule is CC(c1cccc(N)c1)N(C)C(=O)CCC1CCCCC1. The predicted octanol–water partition coefficient (Wildman–Crippen LogP) is 4.15. The fourth-order valence-corrected chi connectivity index (χ4v) is 3.24. The molecule has 0 radical (unpaired) electrons. The number of carbonyl (C=O) groups excluding carboxylic acids is 1. The molecular formula is C18H28N2O. The van der Waals surface area contributed by atoms with E-state index >= 15 is 0 Å². The third-order valence-electron chi connectivity index (χ3n) is 4.86. The number of nitrogen functional groups attached to an aromatic ring is 1. The van der Waals surface area contributed by atoms with Gasteiger partial charge in [0.1, 0.15) is 0 Å². The van der Waals surface area contributed by atoms with Gasteiger partial charge in [-0.25, -0.2) is 0 Å². The minimum atomic E-state index is 0.0763. The highest BCUT2D eigenvalue weighted by Gasteiger charge is 2.20. The van der Waals surface area contributed by atoms with Gasteiger partial charge in [0, 0.05) is 19.2 Å². The quantitative estimate of drug-likeness (QED) is 0.827. The van der Waals surface area contributed by atoms with Crippen molar-refractivity contribution in [1.29, 1.82) is 0 Å². The number of benzene rings is 1. The van der Waals surface area contributed by atoms with E-state index in [4.69, 9.17) is 5.73 Å². The van der Waals surface area contributed by atoms with Crippen molar-refractivity contribution in [3.05, 3.63) is 29.8 Å². The highest BCUT2D eigenvalue weighted by Crippen LogP contribution is 2.28. The lowest BCUT2D eigenvalue weighted by Gasteiger charge is -2.27. The van der Waals surface area contributed by atoms with Crippen LogP contribution in [0, 0.1) is 5.92 Å². The molecule has 2 N–H and O–H groups in total. The number of carbonyl (C=O) groups is 1. The summed E-state index contributed by atoms with van der Waals surface area (Å²) in [7, 11) is 1.90. The highest BCUT2D eigenvalue weighted by atomic mass is 16.2. The monoisotopic (exact) mass is 288 g/mol. The Kier molecular flexibility index (Phi) is 5.66. The average Bonchev–Trinajstić information content (AvgIpc) is 2.52. The standard InChI is InChI=1S/C18H28N2O/c1-14(16-9-6-10-17(19)13-16)20(2)18(21)12-11-15-7-4-3-5-8-15/h6,9-10,13-15H,3-5,7-8,11-12,19H2,1-2H3. The first-order valence-corrected chi connectivity index (χ1v) is 8.19. The number of hydrogen-bond donors (Lipinski definition) is 1. The van der Waals surface area contributed by atoms with Crippen LogP contribution in [0.1, 0.15) is 63.5 Å². The van der Waals surface area contributed by atoms with Gasteiger partial charge in [-0.15, -0.1) is 0 Å². The van der Waals surface area contributed by atoms with Crippen LogP contribution in [0.3, 0.4) is 0 Å².